The van der Waals surface area contributed by atoms with Crippen LogP contribution in [0.15, 0.2) is 0 Å². The third-order valence-corrected chi connectivity index (χ3v) is 3.65. The molecule has 2 rings (SSSR count). The SMILES string of the molecule is COC1CCN(C(=O)C2CCCCCN2)C1. The molecule has 0 bridgehead atoms. The number of ether oxygens (including phenoxy) is 1. The van der Waals surface area contributed by atoms with Gasteiger partial charge in [-0.2, -0.15) is 0 Å². The van der Waals surface area contributed by atoms with Crippen LogP contribution in [0, 0.1) is 0 Å². The van der Waals surface area contributed by atoms with Crippen molar-refractivity contribution in [3.05, 3.63) is 0 Å². The molecule has 2 atom stereocenters. The lowest BCUT2D eigenvalue weighted by Crippen LogP contribution is -2.45. The van der Waals surface area contributed by atoms with Crippen molar-refractivity contribution in [2.45, 2.75) is 44.2 Å². The number of nitrogens with zero attached hydrogens (tertiary/aromatic N) is 1. The standard InChI is InChI=1S/C12H22N2O2/c1-16-10-6-8-14(9-10)12(15)11-5-3-2-4-7-13-11/h10-11,13H,2-9H2,1H3. The lowest BCUT2D eigenvalue weighted by Gasteiger charge is -2.23. The van der Waals surface area contributed by atoms with Gasteiger partial charge in [0.2, 0.25) is 5.91 Å². The highest BCUT2D eigenvalue weighted by Crippen LogP contribution is 2.16. The van der Waals surface area contributed by atoms with Crippen molar-refractivity contribution < 1.29 is 9.53 Å². The molecular formula is C12H22N2O2. The largest absolute Gasteiger partial charge is 0.380 e. The number of carbonyl (C=O) groups is 1. The predicted molar refractivity (Wildman–Crippen MR) is 62.3 cm³/mol. The van der Waals surface area contributed by atoms with Gasteiger partial charge in [-0.1, -0.05) is 12.8 Å². The van der Waals surface area contributed by atoms with Crippen molar-refractivity contribution in [3.8, 4) is 0 Å². The maximum atomic E-state index is 12.2. The van der Waals surface area contributed by atoms with Gasteiger partial charge in [0, 0.05) is 20.2 Å². The normalized spacial score (nSPS) is 31.4. The van der Waals surface area contributed by atoms with Crippen LogP contribution in [0.4, 0.5) is 0 Å². The van der Waals surface area contributed by atoms with Gasteiger partial charge in [-0.15, -0.1) is 0 Å². The van der Waals surface area contributed by atoms with E-state index in [1.807, 2.05) is 4.90 Å². The summed E-state index contributed by atoms with van der Waals surface area (Å²) in [6.07, 6.45) is 5.84. The molecule has 16 heavy (non-hydrogen) atoms. The monoisotopic (exact) mass is 226 g/mol. The van der Waals surface area contributed by atoms with Gasteiger partial charge in [-0.25, -0.2) is 0 Å². The van der Waals surface area contributed by atoms with Crippen molar-refractivity contribution in [1.29, 1.82) is 0 Å². The Morgan fingerprint density at radius 2 is 2.19 bits per heavy atom. The van der Waals surface area contributed by atoms with E-state index >= 15 is 0 Å². The summed E-state index contributed by atoms with van der Waals surface area (Å²) in [5.41, 5.74) is 0. The number of amides is 1. The molecule has 1 amide bonds. The summed E-state index contributed by atoms with van der Waals surface area (Å²) in [5.74, 6) is 0.279. The van der Waals surface area contributed by atoms with E-state index in [1.165, 1.54) is 19.3 Å². The topological polar surface area (TPSA) is 41.6 Å². The Morgan fingerprint density at radius 1 is 1.31 bits per heavy atom. The van der Waals surface area contributed by atoms with Gasteiger partial charge in [0.1, 0.15) is 0 Å². The Kier molecular flexibility index (Phi) is 4.18. The summed E-state index contributed by atoms with van der Waals surface area (Å²) < 4.78 is 5.29. The van der Waals surface area contributed by atoms with Gasteiger partial charge in [-0.3, -0.25) is 4.79 Å². The minimum Gasteiger partial charge on any atom is -0.380 e. The molecule has 0 aromatic heterocycles. The average Bonchev–Trinajstić information content (AvgIpc) is 2.62. The zero-order chi connectivity index (χ0) is 11.4. The molecule has 2 unspecified atom stereocenters. The predicted octanol–water partition coefficient (Wildman–Crippen LogP) is 0.766. The maximum absolute atomic E-state index is 12.2. The highest BCUT2D eigenvalue weighted by molar-refractivity contribution is 5.82. The average molecular weight is 226 g/mol. The molecule has 1 N–H and O–H groups in total. The van der Waals surface area contributed by atoms with Crippen LogP contribution < -0.4 is 5.32 Å². The van der Waals surface area contributed by atoms with Crippen LogP contribution in [0.25, 0.3) is 0 Å². The Labute approximate surface area is 97.3 Å². The quantitative estimate of drug-likeness (QED) is 0.756. The highest BCUT2D eigenvalue weighted by atomic mass is 16.5. The van der Waals surface area contributed by atoms with Crippen LogP contribution in [0.1, 0.15) is 32.1 Å². The Bertz CT molecular complexity index is 237. The van der Waals surface area contributed by atoms with Crippen molar-refractivity contribution in [1.82, 2.24) is 10.2 Å². The molecule has 2 aliphatic rings. The first-order chi connectivity index (χ1) is 7.81. The summed E-state index contributed by atoms with van der Waals surface area (Å²) in [7, 11) is 1.72. The van der Waals surface area contributed by atoms with Crippen LogP contribution in [0.5, 0.6) is 0 Å². The van der Waals surface area contributed by atoms with E-state index in [0.29, 0.717) is 0 Å². The second-order valence-electron chi connectivity index (χ2n) is 4.79. The van der Waals surface area contributed by atoms with Gasteiger partial charge in [0.25, 0.3) is 0 Å². The second-order valence-corrected chi connectivity index (χ2v) is 4.79. The van der Waals surface area contributed by atoms with E-state index in [9.17, 15) is 4.79 Å². The minimum absolute atomic E-state index is 0.0538. The van der Waals surface area contributed by atoms with Crippen LogP contribution >= 0.6 is 0 Å². The molecule has 2 saturated heterocycles. The number of hydrogen-bond acceptors (Lipinski definition) is 3. The molecule has 4 heteroatoms. The van der Waals surface area contributed by atoms with Crippen molar-refractivity contribution in [2.24, 2.45) is 0 Å². The van der Waals surface area contributed by atoms with Gasteiger partial charge >= 0.3 is 0 Å². The summed E-state index contributed by atoms with van der Waals surface area (Å²) in [4.78, 5) is 14.2. The third kappa shape index (κ3) is 2.74. The molecule has 92 valence electrons. The first kappa shape index (κ1) is 11.9. The fraction of sp³-hybridized carbons (Fsp3) is 0.917. The number of hydrogen-bond donors (Lipinski definition) is 1. The number of methoxy groups -OCH3 is 1. The zero-order valence-electron chi connectivity index (χ0n) is 10.1. The number of carbonyl (C=O) groups excluding carboxylic acids is 1. The van der Waals surface area contributed by atoms with Gasteiger partial charge in [0.05, 0.1) is 12.1 Å². The molecule has 2 heterocycles. The minimum atomic E-state index is 0.0538. The van der Waals surface area contributed by atoms with E-state index in [0.717, 1.165) is 32.5 Å². The second kappa shape index (κ2) is 5.64. The van der Waals surface area contributed by atoms with E-state index in [-0.39, 0.29) is 18.1 Å². The Hall–Kier alpha value is -0.610. The summed E-state index contributed by atoms with van der Waals surface area (Å²) in [6.45, 7) is 2.61. The van der Waals surface area contributed by atoms with Gasteiger partial charge in [0.15, 0.2) is 0 Å². The molecule has 2 aliphatic heterocycles. The molecule has 0 aliphatic carbocycles. The van der Waals surface area contributed by atoms with Gasteiger partial charge in [-0.05, 0) is 25.8 Å². The number of nitrogens with one attached hydrogen (secondary N) is 1. The van der Waals surface area contributed by atoms with E-state index in [2.05, 4.69) is 5.32 Å². The molecule has 0 aromatic rings. The molecule has 4 nitrogen and oxygen atoms in total. The molecule has 0 spiro atoms. The van der Waals surface area contributed by atoms with E-state index < -0.39 is 0 Å². The first-order valence-electron chi connectivity index (χ1n) is 6.36. The van der Waals surface area contributed by atoms with Crippen LogP contribution in [-0.4, -0.2) is 49.7 Å². The zero-order valence-corrected chi connectivity index (χ0v) is 10.1. The number of rotatable bonds is 2. The van der Waals surface area contributed by atoms with Crippen LogP contribution in [-0.2, 0) is 9.53 Å². The number of likely N-dealkylation sites (tertiary alicyclic amines) is 1. The lowest BCUT2D eigenvalue weighted by atomic mass is 10.1. The van der Waals surface area contributed by atoms with Crippen LogP contribution in [0.3, 0.4) is 0 Å². The summed E-state index contributed by atoms with van der Waals surface area (Å²) >= 11 is 0. The molecular weight excluding hydrogens is 204 g/mol. The molecule has 0 saturated carbocycles. The fourth-order valence-corrected chi connectivity index (χ4v) is 2.58. The molecule has 2 fully saturated rings. The van der Waals surface area contributed by atoms with E-state index in [4.69, 9.17) is 4.74 Å². The third-order valence-electron chi connectivity index (χ3n) is 3.65. The van der Waals surface area contributed by atoms with Crippen molar-refractivity contribution in [3.63, 3.8) is 0 Å². The molecule has 0 aromatic carbocycles. The van der Waals surface area contributed by atoms with E-state index in [1.54, 1.807) is 7.11 Å². The maximum Gasteiger partial charge on any atom is 0.239 e. The van der Waals surface area contributed by atoms with Crippen molar-refractivity contribution >= 4 is 5.91 Å². The summed E-state index contributed by atoms with van der Waals surface area (Å²) in [5, 5.41) is 3.36. The molecule has 0 radical (unpaired) electrons. The summed E-state index contributed by atoms with van der Waals surface area (Å²) in [6, 6.07) is 0.0538. The Morgan fingerprint density at radius 3 is 2.94 bits per heavy atom. The highest BCUT2D eigenvalue weighted by Gasteiger charge is 2.30. The fourth-order valence-electron chi connectivity index (χ4n) is 2.58. The van der Waals surface area contributed by atoms with Crippen molar-refractivity contribution in [2.75, 3.05) is 26.7 Å². The van der Waals surface area contributed by atoms with Crippen LogP contribution in [0.2, 0.25) is 0 Å². The smallest absolute Gasteiger partial charge is 0.239 e. The Balaban J connectivity index is 1.86. The lowest BCUT2D eigenvalue weighted by molar-refractivity contribution is -0.132. The van der Waals surface area contributed by atoms with Gasteiger partial charge < -0.3 is 15.0 Å². The first-order valence-corrected chi connectivity index (χ1v) is 6.36.